The molecule has 4 nitrogen and oxygen atoms in total. The second-order valence-electron chi connectivity index (χ2n) is 6.15. The molecule has 0 saturated heterocycles. The summed E-state index contributed by atoms with van der Waals surface area (Å²) in [5.74, 6) is 1.38. The molecule has 2 aromatic carbocycles. The zero-order valence-corrected chi connectivity index (χ0v) is 14.8. The van der Waals surface area contributed by atoms with E-state index >= 15 is 0 Å². The summed E-state index contributed by atoms with van der Waals surface area (Å²) in [6.07, 6.45) is 0. The van der Waals surface area contributed by atoms with E-state index < -0.39 is 0 Å². The van der Waals surface area contributed by atoms with Crippen molar-refractivity contribution in [1.82, 2.24) is 5.32 Å². The number of hydrogen-bond donors (Lipinski definition) is 1. The number of aryl methyl sites for hydroxylation is 3. The smallest absolute Gasteiger partial charge is 0.258 e. The lowest BCUT2D eigenvalue weighted by atomic mass is 10.1. The van der Waals surface area contributed by atoms with Gasteiger partial charge in [0.1, 0.15) is 18.1 Å². The lowest BCUT2D eigenvalue weighted by molar-refractivity contribution is -0.123. The fraction of sp³-hybridized carbons (Fsp3) is 0.350. The molecule has 4 heteroatoms. The number of ether oxygens (including phenoxy) is 2. The maximum atomic E-state index is 12.0. The first-order valence-electron chi connectivity index (χ1n) is 8.13. The average Bonchev–Trinajstić information content (AvgIpc) is 2.53. The van der Waals surface area contributed by atoms with Gasteiger partial charge in [0.25, 0.3) is 5.91 Å². The highest BCUT2D eigenvalue weighted by Crippen LogP contribution is 2.18. The Morgan fingerprint density at radius 3 is 2.33 bits per heavy atom. The van der Waals surface area contributed by atoms with Crippen molar-refractivity contribution in [2.75, 3.05) is 13.2 Å². The van der Waals surface area contributed by atoms with Crippen LogP contribution in [0.3, 0.4) is 0 Å². The molecular weight excluding hydrogens is 302 g/mol. The first-order chi connectivity index (χ1) is 11.4. The Morgan fingerprint density at radius 2 is 1.67 bits per heavy atom. The molecule has 0 aliphatic rings. The molecule has 0 unspecified atom stereocenters. The first kappa shape index (κ1) is 17.9. The van der Waals surface area contributed by atoms with E-state index in [-0.39, 0.29) is 18.6 Å². The standard InChI is InChI=1S/C20H25NO3/c1-14-5-8-18(9-6-14)23-12-17(4)21-20(22)13-24-19-10-7-15(2)11-16(19)3/h5-11,17H,12-13H2,1-4H3,(H,21,22)/t17-/m1/s1. The molecule has 1 atom stereocenters. The van der Waals surface area contributed by atoms with Gasteiger partial charge in [-0.05, 0) is 51.5 Å². The SMILES string of the molecule is Cc1ccc(OC[C@@H](C)NC(=O)COc2ccc(C)cc2C)cc1. The predicted octanol–water partition coefficient (Wildman–Crippen LogP) is 3.57. The highest BCUT2D eigenvalue weighted by atomic mass is 16.5. The summed E-state index contributed by atoms with van der Waals surface area (Å²) < 4.78 is 11.2. The van der Waals surface area contributed by atoms with E-state index in [0.29, 0.717) is 6.61 Å². The molecule has 24 heavy (non-hydrogen) atoms. The van der Waals surface area contributed by atoms with Gasteiger partial charge in [0.2, 0.25) is 0 Å². The topological polar surface area (TPSA) is 47.6 Å². The van der Waals surface area contributed by atoms with Crippen molar-refractivity contribution in [2.45, 2.75) is 33.7 Å². The van der Waals surface area contributed by atoms with Crippen molar-refractivity contribution in [2.24, 2.45) is 0 Å². The van der Waals surface area contributed by atoms with E-state index in [4.69, 9.17) is 9.47 Å². The summed E-state index contributed by atoms with van der Waals surface area (Å²) in [6.45, 7) is 8.35. The van der Waals surface area contributed by atoms with Crippen LogP contribution >= 0.6 is 0 Å². The molecule has 2 aromatic rings. The number of rotatable bonds is 7. The number of benzene rings is 2. The lowest BCUT2D eigenvalue weighted by Crippen LogP contribution is -2.39. The van der Waals surface area contributed by atoms with Gasteiger partial charge in [0.15, 0.2) is 6.61 Å². The maximum Gasteiger partial charge on any atom is 0.258 e. The molecule has 0 spiro atoms. The zero-order chi connectivity index (χ0) is 17.5. The van der Waals surface area contributed by atoms with E-state index in [1.807, 2.05) is 70.2 Å². The summed E-state index contributed by atoms with van der Waals surface area (Å²) in [5, 5.41) is 2.87. The molecular formula is C20H25NO3. The third kappa shape index (κ3) is 5.61. The summed E-state index contributed by atoms with van der Waals surface area (Å²) in [7, 11) is 0. The zero-order valence-electron chi connectivity index (χ0n) is 14.8. The minimum absolute atomic E-state index is 0.00122. The fourth-order valence-electron chi connectivity index (χ4n) is 2.32. The molecule has 1 amide bonds. The highest BCUT2D eigenvalue weighted by Gasteiger charge is 2.10. The van der Waals surface area contributed by atoms with Crippen molar-refractivity contribution in [1.29, 1.82) is 0 Å². The van der Waals surface area contributed by atoms with E-state index in [1.165, 1.54) is 11.1 Å². The van der Waals surface area contributed by atoms with E-state index in [1.54, 1.807) is 0 Å². The van der Waals surface area contributed by atoms with Crippen molar-refractivity contribution < 1.29 is 14.3 Å². The van der Waals surface area contributed by atoms with Gasteiger partial charge < -0.3 is 14.8 Å². The minimum atomic E-state index is -0.157. The minimum Gasteiger partial charge on any atom is -0.491 e. The summed E-state index contributed by atoms with van der Waals surface area (Å²) in [4.78, 5) is 12.0. The van der Waals surface area contributed by atoms with E-state index in [9.17, 15) is 4.79 Å². The highest BCUT2D eigenvalue weighted by molar-refractivity contribution is 5.77. The molecule has 0 fully saturated rings. The van der Waals surface area contributed by atoms with Gasteiger partial charge >= 0.3 is 0 Å². The quantitative estimate of drug-likeness (QED) is 0.845. The molecule has 0 heterocycles. The fourth-order valence-corrected chi connectivity index (χ4v) is 2.32. The first-order valence-corrected chi connectivity index (χ1v) is 8.13. The molecule has 128 valence electrons. The van der Waals surface area contributed by atoms with Crippen LogP contribution in [-0.2, 0) is 4.79 Å². The third-order valence-corrected chi connectivity index (χ3v) is 3.62. The van der Waals surface area contributed by atoms with Crippen LogP contribution in [0.25, 0.3) is 0 Å². The number of hydrogen-bond acceptors (Lipinski definition) is 3. The molecule has 0 aliphatic heterocycles. The van der Waals surface area contributed by atoms with Crippen LogP contribution in [0, 0.1) is 20.8 Å². The van der Waals surface area contributed by atoms with E-state index in [0.717, 1.165) is 17.1 Å². The third-order valence-electron chi connectivity index (χ3n) is 3.62. The second kappa shape index (κ2) is 8.39. The van der Waals surface area contributed by atoms with Crippen LogP contribution in [0.4, 0.5) is 0 Å². The van der Waals surface area contributed by atoms with Crippen LogP contribution < -0.4 is 14.8 Å². The number of carbonyl (C=O) groups is 1. The molecule has 0 saturated carbocycles. The Kier molecular flexibility index (Phi) is 6.24. The Bertz CT molecular complexity index is 680. The van der Waals surface area contributed by atoms with Gasteiger partial charge in [-0.2, -0.15) is 0 Å². The van der Waals surface area contributed by atoms with Crippen molar-refractivity contribution in [3.05, 3.63) is 59.2 Å². The van der Waals surface area contributed by atoms with Crippen LogP contribution in [0.1, 0.15) is 23.6 Å². The van der Waals surface area contributed by atoms with Gasteiger partial charge in [0, 0.05) is 0 Å². The molecule has 0 radical (unpaired) electrons. The normalized spacial score (nSPS) is 11.7. The molecule has 0 aliphatic carbocycles. The summed E-state index contributed by atoms with van der Waals surface area (Å²) in [6, 6.07) is 13.6. The monoisotopic (exact) mass is 327 g/mol. The summed E-state index contributed by atoms with van der Waals surface area (Å²) >= 11 is 0. The van der Waals surface area contributed by atoms with Crippen molar-refractivity contribution in [3.8, 4) is 11.5 Å². The van der Waals surface area contributed by atoms with Crippen LogP contribution in [0.2, 0.25) is 0 Å². The Balaban J connectivity index is 1.74. The Hall–Kier alpha value is -2.49. The van der Waals surface area contributed by atoms with Gasteiger partial charge in [-0.15, -0.1) is 0 Å². The molecule has 2 rings (SSSR count). The lowest BCUT2D eigenvalue weighted by Gasteiger charge is -2.16. The maximum absolute atomic E-state index is 12.0. The largest absolute Gasteiger partial charge is 0.491 e. The van der Waals surface area contributed by atoms with Crippen molar-refractivity contribution in [3.63, 3.8) is 0 Å². The summed E-state index contributed by atoms with van der Waals surface area (Å²) in [5.41, 5.74) is 3.39. The van der Waals surface area contributed by atoms with Crippen LogP contribution in [0.5, 0.6) is 11.5 Å². The van der Waals surface area contributed by atoms with Crippen LogP contribution in [0.15, 0.2) is 42.5 Å². The second-order valence-corrected chi connectivity index (χ2v) is 6.15. The Labute approximate surface area is 143 Å². The molecule has 0 aromatic heterocycles. The van der Waals surface area contributed by atoms with Gasteiger partial charge in [-0.3, -0.25) is 4.79 Å². The van der Waals surface area contributed by atoms with Gasteiger partial charge in [0.05, 0.1) is 6.04 Å². The van der Waals surface area contributed by atoms with Crippen molar-refractivity contribution >= 4 is 5.91 Å². The Morgan fingerprint density at radius 1 is 1.00 bits per heavy atom. The average molecular weight is 327 g/mol. The molecule has 0 bridgehead atoms. The predicted molar refractivity (Wildman–Crippen MR) is 95.7 cm³/mol. The van der Waals surface area contributed by atoms with Crippen LogP contribution in [-0.4, -0.2) is 25.2 Å². The number of amides is 1. The number of nitrogens with one attached hydrogen (secondary N) is 1. The van der Waals surface area contributed by atoms with Gasteiger partial charge in [-0.1, -0.05) is 35.4 Å². The number of carbonyl (C=O) groups excluding carboxylic acids is 1. The molecule has 1 N–H and O–H groups in total. The van der Waals surface area contributed by atoms with Gasteiger partial charge in [-0.25, -0.2) is 0 Å². The van der Waals surface area contributed by atoms with E-state index in [2.05, 4.69) is 5.32 Å².